The van der Waals surface area contributed by atoms with E-state index >= 15 is 0 Å². The summed E-state index contributed by atoms with van der Waals surface area (Å²) in [6, 6.07) is 12.9. The highest BCUT2D eigenvalue weighted by Gasteiger charge is 2.06. The molecule has 0 aliphatic carbocycles. The van der Waals surface area contributed by atoms with Crippen molar-refractivity contribution < 1.29 is 14.3 Å². The van der Waals surface area contributed by atoms with Gasteiger partial charge < -0.3 is 14.8 Å². The molecule has 2 rings (SSSR count). The lowest BCUT2D eigenvalue weighted by molar-refractivity contribution is -0.111. The first-order valence-corrected chi connectivity index (χ1v) is 7.38. The van der Waals surface area contributed by atoms with Gasteiger partial charge in [-0.15, -0.1) is 0 Å². The van der Waals surface area contributed by atoms with Crippen LogP contribution < -0.4 is 14.8 Å². The van der Waals surface area contributed by atoms with Crippen LogP contribution in [0.2, 0.25) is 0 Å². The van der Waals surface area contributed by atoms with Crippen LogP contribution in [0.5, 0.6) is 11.5 Å². The Morgan fingerprint density at radius 1 is 1.09 bits per heavy atom. The summed E-state index contributed by atoms with van der Waals surface area (Å²) in [4.78, 5) is 12.0. The first-order chi connectivity index (χ1) is 10.6. The molecule has 0 aromatic heterocycles. The number of methoxy groups -OCH3 is 2. The minimum absolute atomic E-state index is 0.230. The normalized spacial score (nSPS) is 10.5. The monoisotopic (exact) mass is 361 g/mol. The van der Waals surface area contributed by atoms with E-state index in [0.717, 1.165) is 10.0 Å². The molecular formula is C17H16BrNO3. The van der Waals surface area contributed by atoms with E-state index in [1.807, 2.05) is 24.3 Å². The maximum Gasteiger partial charge on any atom is 0.248 e. The lowest BCUT2D eigenvalue weighted by Crippen LogP contribution is -2.08. The Balaban J connectivity index is 2.07. The van der Waals surface area contributed by atoms with Gasteiger partial charge in [0, 0.05) is 16.6 Å². The van der Waals surface area contributed by atoms with Gasteiger partial charge in [0.1, 0.15) is 11.5 Å². The van der Waals surface area contributed by atoms with Gasteiger partial charge in [-0.2, -0.15) is 0 Å². The number of anilines is 1. The maximum atomic E-state index is 12.0. The number of ether oxygens (including phenoxy) is 2. The number of hydrogen-bond donors (Lipinski definition) is 1. The molecule has 0 unspecified atom stereocenters. The number of benzene rings is 2. The first-order valence-electron chi connectivity index (χ1n) is 6.59. The molecule has 2 aromatic carbocycles. The lowest BCUT2D eigenvalue weighted by atomic mass is 10.2. The molecule has 0 spiro atoms. The highest BCUT2D eigenvalue weighted by Crippen LogP contribution is 2.28. The van der Waals surface area contributed by atoms with E-state index in [2.05, 4.69) is 21.2 Å². The van der Waals surface area contributed by atoms with Crippen molar-refractivity contribution in [3.63, 3.8) is 0 Å². The molecule has 0 saturated heterocycles. The highest BCUT2D eigenvalue weighted by molar-refractivity contribution is 9.10. The van der Waals surface area contributed by atoms with Crippen LogP contribution in [0.1, 0.15) is 5.56 Å². The SMILES string of the molecule is COc1ccc(NC(=O)/C=C/c2ccc(Br)cc2)c(OC)c1. The average molecular weight is 362 g/mol. The summed E-state index contributed by atoms with van der Waals surface area (Å²) < 4.78 is 11.4. The Bertz CT molecular complexity index is 681. The molecule has 4 nitrogen and oxygen atoms in total. The van der Waals surface area contributed by atoms with E-state index in [1.165, 1.54) is 6.08 Å². The Morgan fingerprint density at radius 3 is 2.45 bits per heavy atom. The molecule has 0 fully saturated rings. The third kappa shape index (κ3) is 4.36. The summed E-state index contributed by atoms with van der Waals surface area (Å²) in [5, 5.41) is 2.78. The minimum Gasteiger partial charge on any atom is -0.497 e. The van der Waals surface area contributed by atoms with E-state index < -0.39 is 0 Å². The second kappa shape index (κ2) is 7.66. The van der Waals surface area contributed by atoms with Crippen molar-refractivity contribution in [2.24, 2.45) is 0 Å². The molecule has 1 N–H and O–H groups in total. The van der Waals surface area contributed by atoms with Crippen LogP contribution in [0.4, 0.5) is 5.69 Å². The van der Waals surface area contributed by atoms with Crippen LogP contribution in [0.25, 0.3) is 6.08 Å². The third-order valence-electron chi connectivity index (χ3n) is 2.96. The van der Waals surface area contributed by atoms with Gasteiger partial charge in [0.05, 0.1) is 19.9 Å². The highest BCUT2D eigenvalue weighted by atomic mass is 79.9. The zero-order valence-corrected chi connectivity index (χ0v) is 13.9. The van der Waals surface area contributed by atoms with Gasteiger partial charge >= 0.3 is 0 Å². The number of amides is 1. The summed E-state index contributed by atoms with van der Waals surface area (Å²) in [5.74, 6) is 0.983. The van der Waals surface area contributed by atoms with Gasteiger partial charge in [-0.25, -0.2) is 0 Å². The van der Waals surface area contributed by atoms with Crippen molar-refractivity contribution in [1.82, 2.24) is 0 Å². The molecule has 0 atom stereocenters. The van der Waals surface area contributed by atoms with Crippen molar-refractivity contribution >= 4 is 33.6 Å². The topological polar surface area (TPSA) is 47.6 Å². The van der Waals surface area contributed by atoms with Crippen LogP contribution in [-0.2, 0) is 4.79 Å². The number of carbonyl (C=O) groups excluding carboxylic acids is 1. The molecule has 114 valence electrons. The largest absolute Gasteiger partial charge is 0.497 e. The molecule has 0 aliphatic heterocycles. The molecule has 0 saturated carbocycles. The zero-order chi connectivity index (χ0) is 15.9. The summed E-state index contributed by atoms with van der Waals surface area (Å²) in [5.41, 5.74) is 1.54. The van der Waals surface area contributed by atoms with E-state index in [1.54, 1.807) is 38.5 Å². The molecule has 5 heteroatoms. The number of halogens is 1. The number of hydrogen-bond acceptors (Lipinski definition) is 3. The zero-order valence-electron chi connectivity index (χ0n) is 12.3. The van der Waals surface area contributed by atoms with Crippen LogP contribution >= 0.6 is 15.9 Å². The fourth-order valence-electron chi connectivity index (χ4n) is 1.82. The van der Waals surface area contributed by atoms with E-state index in [-0.39, 0.29) is 5.91 Å². The van der Waals surface area contributed by atoms with Crippen molar-refractivity contribution in [3.8, 4) is 11.5 Å². The van der Waals surface area contributed by atoms with Gasteiger partial charge in [0.2, 0.25) is 5.91 Å². The second-order valence-electron chi connectivity index (χ2n) is 4.44. The quantitative estimate of drug-likeness (QED) is 0.814. The number of nitrogens with one attached hydrogen (secondary N) is 1. The first kappa shape index (κ1) is 16.1. The third-order valence-corrected chi connectivity index (χ3v) is 3.49. The minimum atomic E-state index is -0.230. The molecule has 22 heavy (non-hydrogen) atoms. The van der Waals surface area contributed by atoms with Crippen LogP contribution in [-0.4, -0.2) is 20.1 Å². The molecular weight excluding hydrogens is 346 g/mol. The van der Waals surface area contributed by atoms with Crippen LogP contribution in [0.3, 0.4) is 0 Å². The van der Waals surface area contributed by atoms with Gasteiger partial charge in [0.15, 0.2) is 0 Å². The average Bonchev–Trinajstić information content (AvgIpc) is 2.54. The van der Waals surface area contributed by atoms with Gasteiger partial charge in [-0.1, -0.05) is 28.1 Å². The molecule has 2 aromatic rings. The van der Waals surface area contributed by atoms with Gasteiger partial charge in [-0.3, -0.25) is 4.79 Å². The molecule has 0 bridgehead atoms. The summed E-state index contributed by atoms with van der Waals surface area (Å²) in [6.45, 7) is 0. The van der Waals surface area contributed by atoms with Crippen LogP contribution in [0.15, 0.2) is 53.0 Å². The van der Waals surface area contributed by atoms with E-state index in [0.29, 0.717) is 17.2 Å². The summed E-state index contributed by atoms with van der Waals surface area (Å²) >= 11 is 3.37. The fourth-order valence-corrected chi connectivity index (χ4v) is 2.09. The Morgan fingerprint density at radius 2 is 1.82 bits per heavy atom. The predicted octanol–water partition coefficient (Wildman–Crippen LogP) is 4.12. The Hall–Kier alpha value is -2.27. The summed E-state index contributed by atoms with van der Waals surface area (Å²) in [7, 11) is 3.12. The van der Waals surface area contributed by atoms with Crippen molar-refractivity contribution in [1.29, 1.82) is 0 Å². The molecule has 1 amide bonds. The molecule has 0 heterocycles. The van der Waals surface area contributed by atoms with Crippen LogP contribution in [0, 0.1) is 0 Å². The summed E-state index contributed by atoms with van der Waals surface area (Å²) in [6.07, 6.45) is 3.23. The molecule has 0 radical (unpaired) electrons. The van der Waals surface area contributed by atoms with E-state index in [9.17, 15) is 4.79 Å². The number of carbonyl (C=O) groups is 1. The van der Waals surface area contributed by atoms with E-state index in [4.69, 9.17) is 9.47 Å². The van der Waals surface area contributed by atoms with Gasteiger partial charge in [-0.05, 0) is 35.9 Å². The Kier molecular flexibility index (Phi) is 5.61. The predicted molar refractivity (Wildman–Crippen MR) is 91.4 cm³/mol. The fraction of sp³-hybridized carbons (Fsp3) is 0.118. The number of rotatable bonds is 5. The lowest BCUT2D eigenvalue weighted by Gasteiger charge is -2.10. The smallest absolute Gasteiger partial charge is 0.248 e. The van der Waals surface area contributed by atoms with Crippen molar-refractivity contribution in [3.05, 3.63) is 58.6 Å². The maximum absolute atomic E-state index is 12.0. The second-order valence-corrected chi connectivity index (χ2v) is 5.36. The molecule has 0 aliphatic rings. The van der Waals surface area contributed by atoms with Gasteiger partial charge in [0.25, 0.3) is 0 Å². The standard InChI is InChI=1S/C17H16BrNO3/c1-21-14-8-9-15(16(11-14)22-2)19-17(20)10-5-12-3-6-13(18)7-4-12/h3-11H,1-2H3,(H,19,20)/b10-5+. The van der Waals surface area contributed by atoms with Crippen molar-refractivity contribution in [2.75, 3.05) is 19.5 Å². The Labute approximate surface area is 137 Å². The van der Waals surface area contributed by atoms with Crippen molar-refractivity contribution in [2.45, 2.75) is 0 Å².